The molecule has 4 aromatic rings. The minimum absolute atomic E-state index is 0.173. The number of nitrogens with one attached hydrogen (secondary N) is 3. The van der Waals surface area contributed by atoms with Gasteiger partial charge in [0.15, 0.2) is 0 Å². The van der Waals surface area contributed by atoms with E-state index in [0.29, 0.717) is 38.9 Å². The van der Waals surface area contributed by atoms with E-state index in [0.717, 1.165) is 0 Å². The summed E-state index contributed by atoms with van der Waals surface area (Å²) in [7, 11) is 1.58. The molecule has 0 aliphatic heterocycles. The zero-order chi connectivity index (χ0) is 22.1. The van der Waals surface area contributed by atoms with Crippen LogP contribution in [0, 0.1) is 5.82 Å². The summed E-state index contributed by atoms with van der Waals surface area (Å²) >= 11 is 0. The Hall–Kier alpha value is -3.96. The van der Waals surface area contributed by atoms with E-state index in [-0.39, 0.29) is 11.7 Å². The Balaban J connectivity index is 0.000000318. The lowest BCUT2D eigenvalue weighted by molar-refractivity contribution is -0.192. The number of carbonyl (C=O) groups excluding carboxylic acids is 1. The van der Waals surface area contributed by atoms with Gasteiger partial charge in [-0.15, -0.1) is 0 Å². The van der Waals surface area contributed by atoms with Crippen LogP contribution in [-0.2, 0) is 4.79 Å². The van der Waals surface area contributed by atoms with E-state index in [1.807, 2.05) is 0 Å². The Morgan fingerprint density at radius 1 is 1.13 bits per heavy atom. The smallest absolute Gasteiger partial charge is 0.475 e. The van der Waals surface area contributed by atoms with Crippen LogP contribution in [0.4, 0.5) is 17.6 Å². The minimum Gasteiger partial charge on any atom is -0.475 e. The van der Waals surface area contributed by atoms with Gasteiger partial charge in [-0.3, -0.25) is 9.89 Å². The Labute approximate surface area is 164 Å². The van der Waals surface area contributed by atoms with Crippen molar-refractivity contribution in [2.75, 3.05) is 7.05 Å². The van der Waals surface area contributed by atoms with Gasteiger partial charge in [-0.2, -0.15) is 18.3 Å². The number of hydrogen-bond acceptors (Lipinski definition) is 4. The highest BCUT2D eigenvalue weighted by molar-refractivity contribution is 5.97. The number of imidazole rings is 1. The molecule has 0 unspecified atom stereocenters. The lowest BCUT2D eigenvalue weighted by Crippen LogP contribution is -2.21. The summed E-state index contributed by atoms with van der Waals surface area (Å²) in [5.41, 5.74) is 3.16. The molecule has 0 bridgehead atoms. The lowest BCUT2D eigenvalue weighted by Gasteiger charge is -1.99. The van der Waals surface area contributed by atoms with E-state index in [1.54, 1.807) is 31.3 Å². The summed E-state index contributed by atoms with van der Waals surface area (Å²) in [6.07, 6.45) is -3.64. The van der Waals surface area contributed by atoms with Crippen LogP contribution in [0.2, 0.25) is 0 Å². The monoisotopic (exact) mass is 423 g/mol. The first-order valence-electron chi connectivity index (χ1n) is 8.25. The number of alkyl halides is 3. The summed E-state index contributed by atoms with van der Waals surface area (Å²) < 4.78 is 45.8. The fourth-order valence-corrected chi connectivity index (χ4v) is 2.58. The lowest BCUT2D eigenvalue weighted by atomic mass is 10.1. The second kappa shape index (κ2) is 7.81. The van der Waals surface area contributed by atoms with Crippen molar-refractivity contribution in [2.24, 2.45) is 0 Å². The molecule has 2 aromatic carbocycles. The van der Waals surface area contributed by atoms with Crippen LogP contribution in [0.15, 0.2) is 36.5 Å². The third-order valence-electron chi connectivity index (χ3n) is 4.00. The first-order chi connectivity index (χ1) is 14.1. The summed E-state index contributed by atoms with van der Waals surface area (Å²) in [5, 5.41) is 16.7. The predicted octanol–water partition coefficient (Wildman–Crippen LogP) is 3.24. The number of halogens is 4. The van der Waals surface area contributed by atoms with Crippen LogP contribution in [0.3, 0.4) is 0 Å². The van der Waals surface area contributed by atoms with Crippen LogP contribution >= 0.6 is 0 Å². The zero-order valence-electron chi connectivity index (χ0n) is 15.1. The molecule has 1 amide bonds. The van der Waals surface area contributed by atoms with Crippen molar-refractivity contribution in [1.82, 2.24) is 25.5 Å². The Kier molecular flexibility index (Phi) is 5.41. The number of amides is 1. The Morgan fingerprint density at radius 2 is 1.83 bits per heavy atom. The number of aliphatic carboxylic acids is 1. The molecular weight excluding hydrogens is 410 g/mol. The third kappa shape index (κ3) is 4.21. The fraction of sp³-hybridized carbons (Fsp3) is 0.111. The Bertz CT molecular complexity index is 1250. The highest BCUT2D eigenvalue weighted by Gasteiger charge is 2.38. The molecule has 30 heavy (non-hydrogen) atoms. The molecule has 0 saturated heterocycles. The number of benzene rings is 2. The summed E-state index contributed by atoms with van der Waals surface area (Å²) in [6, 6.07) is 8.36. The van der Waals surface area contributed by atoms with Gasteiger partial charge >= 0.3 is 12.1 Å². The SMILES string of the molecule is CNC(=O)c1ccc2nc(-c3cc(F)c4cn[nH]c4c3)[nH]c2c1.O=C(O)C(F)(F)F. The molecule has 0 fully saturated rings. The molecule has 2 heterocycles. The number of fused-ring (bicyclic) bond motifs is 2. The zero-order valence-corrected chi connectivity index (χ0v) is 15.1. The molecule has 156 valence electrons. The molecule has 0 spiro atoms. The average molecular weight is 423 g/mol. The molecule has 0 atom stereocenters. The van der Waals surface area contributed by atoms with Gasteiger partial charge in [0, 0.05) is 18.2 Å². The van der Waals surface area contributed by atoms with Gasteiger partial charge in [0.25, 0.3) is 5.91 Å². The molecular formula is C18H13F4N5O3. The average Bonchev–Trinajstić information content (AvgIpc) is 3.33. The second-order valence-electron chi connectivity index (χ2n) is 5.99. The van der Waals surface area contributed by atoms with Crippen LogP contribution in [0.5, 0.6) is 0 Å². The van der Waals surface area contributed by atoms with Gasteiger partial charge in [-0.25, -0.2) is 14.2 Å². The van der Waals surface area contributed by atoms with E-state index < -0.39 is 12.1 Å². The van der Waals surface area contributed by atoms with E-state index in [4.69, 9.17) is 9.90 Å². The molecule has 0 aliphatic rings. The molecule has 0 aliphatic carbocycles. The van der Waals surface area contributed by atoms with Crippen LogP contribution in [0.1, 0.15) is 10.4 Å². The van der Waals surface area contributed by atoms with Gasteiger partial charge in [-0.1, -0.05) is 0 Å². The topological polar surface area (TPSA) is 124 Å². The molecule has 0 radical (unpaired) electrons. The normalized spacial score (nSPS) is 11.2. The van der Waals surface area contributed by atoms with Crippen molar-refractivity contribution in [2.45, 2.75) is 6.18 Å². The van der Waals surface area contributed by atoms with Crippen molar-refractivity contribution < 1.29 is 32.3 Å². The summed E-state index contributed by atoms with van der Waals surface area (Å²) in [6.45, 7) is 0. The van der Waals surface area contributed by atoms with E-state index in [2.05, 4.69) is 25.5 Å². The highest BCUT2D eigenvalue weighted by Crippen LogP contribution is 2.26. The van der Waals surface area contributed by atoms with Crippen LogP contribution in [0.25, 0.3) is 33.3 Å². The van der Waals surface area contributed by atoms with E-state index in [9.17, 15) is 22.4 Å². The van der Waals surface area contributed by atoms with Gasteiger partial charge in [-0.05, 0) is 30.3 Å². The maximum absolute atomic E-state index is 14.1. The van der Waals surface area contributed by atoms with Crippen LogP contribution < -0.4 is 5.32 Å². The van der Waals surface area contributed by atoms with Gasteiger partial charge in [0.2, 0.25) is 0 Å². The van der Waals surface area contributed by atoms with Gasteiger partial charge in [0.1, 0.15) is 11.6 Å². The third-order valence-corrected chi connectivity index (χ3v) is 4.00. The largest absolute Gasteiger partial charge is 0.490 e. The number of aromatic nitrogens is 4. The van der Waals surface area contributed by atoms with E-state index >= 15 is 0 Å². The molecule has 4 rings (SSSR count). The van der Waals surface area contributed by atoms with Crippen molar-refractivity contribution >= 4 is 33.8 Å². The number of carboxylic acids is 1. The molecule has 8 nitrogen and oxygen atoms in total. The number of aromatic amines is 2. The van der Waals surface area contributed by atoms with Gasteiger partial charge in [0.05, 0.1) is 28.1 Å². The number of rotatable bonds is 2. The summed E-state index contributed by atoms with van der Waals surface area (Å²) in [4.78, 5) is 28.2. The highest BCUT2D eigenvalue weighted by atomic mass is 19.4. The number of carbonyl (C=O) groups is 2. The van der Waals surface area contributed by atoms with Gasteiger partial charge < -0.3 is 15.4 Å². The number of H-pyrrole nitrogens is 2. The standard InChI is InChI=1S/C16H12FN5O.C2HF3O2/c1-18-16(23)8-2-3-12-14(5-8)21-15(20-12)9-4-11(17)10-7-19-22-13(10)6-9;3-2(4,5)1(6)7/h2-7H,1H3,(H,18,23)(H,19,22)(H,20,21);(H,6,7). The predicted molar refractivity (Wildman–Crippen MR) is 98.2 cm³/mol. The summed E-state index contributed by atoms with van der Waals surface area (Å²) in [5.74, 6) is -2.76. The molecule has 12 heteroatoms. The number of carboxylic acid groups (broad SMARTS) is 1. The molecule has 2 aromatic heterocycles. The number of hydrogen-bond donors (Lipinski definition) is 4. The van der Waals surface area contributed by atoms with Crippen molar-refractivity contribution in [3.8, 4) is 11.4 Å². The maximum atomic E-state index is 14.1. The van der Waals surface area contributed by atoms with Crippen molar-refractivity contribution in [3.63, 3.8) is 0 Å². The maximum Gasteiger partial charge on any atom is 0.490 e. The quantitative estimate of drug-likeness (QED) is 0.369. The first-order valence-corrected chi connectivity index (χ1v) is 8.25. The molecule has 4 N–H and O–H groups in total. The van der Waals surface area contributed by atoms with Crippen molar-refractivity contribution in [3.05, 3.63) is 47.9 Å². The second-order valence-corrected chi connectivity index (χ2v) is 5.99. The van der Waals surface area contributed by atoms with E-state index in [1.165, 1.54) is 12.3 Å². The molecule has 0 saturated carbocycles. The Morgan fingerprint density at radius 3 is 2.47 bits per heavy atom. The van der Waals surface area contributed by atoms with Crippen molar-refractivity contribution in [1.29, 1.82) is 0 Å². The number of nitrogens with zero attached hydrogens (tertiary/aromatic N) is 2. The fourth-order valence-electron chi connectivity index (χ4n) is 2.58. The first kappa shape index (κ1) is 20.8. The minimum atomic E-state index is -5.08. The van der Waals surface area contributed by atoms with Crippen LogP contribution in [-0.4, -0.2) is 50.4 Å².